The maximum absolute atomic E-state index is 13.5. The molecule has 1 heterocycles. The summed E-state index contributed by atoms with van der Waals surface area (Å²) in [4.78, 5) is 15.2. The van der Waals surface area contributed by atoms with Gasteiger partial charge in [0.05, 0.1) is 25.3 Å². The third kappa shape index (κ3) is 4.64. The number of halogens is 1. The highest BCUT2D eigenvalue weighted by Gasteiger charge is 2.31. The van der Waals surface area contributed by atoms with Crippen molar-refractivity contribution in [2.24, 2.45) is 0 Å². The molecule has 0 spiro atoms. The predicted molar refractivity (Wildman–Crippen MR) is 132 cm³/mol. The molecule has 33 heavy (non-hydrogen) atoms. The second-order valence-corrected chi connectivity index (χ2v) is 9.16. The number of ether oxygens (including phenoxy) is 2. The van der Waals surface area contributed by atoms with Gasteiger partial charge in [0.25, 0.3) is 5.91 Å². The number of fused-ring (bicyclic) bond motifs is 1. The number of carbonyl (C=O) groups is 1. The molecule has 4 rings (SSSR count). The van der Waals surface area contributed by atoms with Gasteiger partial charge in [0.1, 0.15) is 5.60 Å². The molecule has 5 nitrogen and oxygen atoms in total. The Morgan fingerprint density at radius 3 is 2.55 bits per heavy atom. The minimum atomic E-state index is -0.659. The van der Waals surface area contributed by atoms with Gasteiger partial charge in [0.2, 0.25) is 0 Å². The molecule has 0 radical (unpaired) electrons. The van der Waals surface area contributed by atoms with E-state index in [1.807, 2.05) is 68.4 Å². The number of rotatable bonds is 5. The molecule has 0 aliphatic carbocycles. The molecular weight excluding hydrogens is 480 g/mol. The Kier molecular flexibility index (Phi) is 6.26. The summed E-state index contributed by atoms with van der Waals surface area (Å²) in [5.74, 6) is 0.898. The van der Waals surface area contributed by atoms with E-state index in [1.165, 1.54) is 0 Å². The van der Waals surface area contributed by atoms with Crippen LogP contribution in [0.3, 0.4) is 0 Å². The number of hydrogen-bond donors (Lipinski definition) is 0. The van der Waals surface area contributed by atoms with Crippen molar-refractivity contribution in [2.75, 3.05) is 12.0 Å². The van der Waals surface area contributed by atoms with E-state index >= 15 is 0 Å². The Hall–Kier alpha value is -3.56. The molecule has 0 N–H and O–H groups in total. The summed E-state index contributed by atoms with van der Waals surface area (Å²) >= 11 is 3.51. The van der Waals surface area contributed by atoms with Crippen molar-refractivity contribution in [3.05, 3.63) is 94.0 Å². The first-order valence-corrected chi connectivity index (χ1v) is 11.3. The number of hydrogen-bond acceptors (Lipinski definition) is 4. The molecule has 166 valence electrons. The lowest BCUT2D eigenvalue weighted by molar-refractivity contribution is 0.0984. The zero-order valence-electron chi connectivity index (χ0n) is 18.6. The van der Waals surface area contributed by atoms with E-state index in [2.05, 4.69) is 22.0 Å². The average molecular weight is 503 g/mol. The van der Waals surface area contributed by atoms with E-state index in [0.717, 1.165) is 15.7 Å². The first-order chi connectivity index (χ1) is 15.8. The Bertz CT molecular complexity index is 1280. The van der Waals surface area contributed by atoms with E-state index in [0.29, 0.717) is 28.2 Å². The number of methoxy groups -OCH3 is 1. The third-order valence-electron chi connectivity index (χ3n) is 5.38. The summed E-state index contributed by atoms with van der Waals surface area (Å²) in [5.41, 5.74) is 2.67. The zero-order valence-corrected chi connectivity index (χ0v) is 20.2. The number of carbonyl (C=O) groups excluding carboxylic acids is 1. The van der Waals surface area contributed by atoms with Crippen LogP contribution in [-0.2, 0) is 6.54 Å². The van der Waals surface area contributed by atoms with Crippen LogP contribution in [0.1, 0.15) is 35.3 Å². The van der Waals surface area contributed by atoms with Crippen molar-refractivity contribution in [3.63, 3.8) is 0 Å². The van der Waals surface area contributed by atoms with Gasteiger partial charge in [-0.2, -0.15) is 5.26 Å². The van der Waals surface area contributed by atoms with Gasteiger partial charge >= 0.3 is 0 Å². The molecule has 0 atom stereocenters. The van der Waals surface area contributed by atoms with E-state index in [4.69, 9.17) is 9.47 Å². The summed E-state index contributed by atoms with van der Waals surface area (Å²) in [7, 11) is 1.57. The van der Waals surface area contributed by atoms with Crippen LogP contribution in [-0.4, -0.2) is 18.6 Å². The smallest absolute Gasteiger partial charge is 0.258 e. The Morgan fingerprint density at radius 1 is 1.12 bits per heavy atom. The maximum atomic E-state index is 13.5. The van der Waals surface area contributed by atoms with Gasteiger partial charge in [0.15, 0.2) is 11.5 Å². The standard InChI is InChI=1S/C27H23BrN2O3/c1-27(2)15-20(16-29)23-13-12-19(24(32-3)25(23)33-27)17-30(22-11-7-10-21(28)14-22)26(31)18-8-5-4-6-9-18/h4-15H,17H2,1-3H3. The van der Waals surface area contributed by atoms with Crippen molar-refractivity contribution >= 4 is 33.1 Å². The molecule has 0 aromatic heterocycles. The van der Waals surface area contributed by atoms with Crippen molar-refractivity contribution in [1.82, 2.24) is 0 Å². The van der Waals surface area contributed by atoms with Crippen molar-refractivity contribution in [3.8, 4) is 17.6 Å². The highest BCUT2D eigenvalue weighted by Crippen LogP contribution is 2.44. The Morgan fingerprint density at radius 2 is 1.88 bits per heavy atom. The lowest BCUT2D eigenvalue weighted by atomic mass is 9.93. The molecule has 3 aromatic rings. The minimum Gasteiger partial charge on any atom is -0.492 e. The van der Waals surface area contributed by atoms with Crippen molar-refractivity contribution < 1.29 is 14.3 Å². The molecule has 6 heteroatoms. The van der Waals surface area contributed by atoms with Gasteiger partial charge < -0.3 is 14.4 Å². The fourth-order valence-electron chi connectivity index (χ4n) is 3.91. The van der Waals surface area contributed by atoms with Crippen LogP contribution < -0.4 is 14.4 Å². The van der Waals surface area contributed by atoms with E-state index in [9.17, 15) is 10.1 Å². The second-order valence-electron chi connectivity index (χ2n) is 8.25. The highest BCUT2D eigenvalue weighted by atomic mass is 79.9. The largest absolute Gasteiger partial charge is 0.492 e. The van der Waals surface area contributed by atoms with Gasteiger partial charge in [-0.15, -0.1) is 0 Å². The number of anilines is 1. The minimum absolute atomic E-state index is 0.132. The van der Waals surface area contributed by atoms with Crippen LogP contribution in [0.15, 0.2) is 77.3 Å². The lowest BCUT2D eigenvalue weighted by Gasteiger charge is -2.32. The number of allylic oxidation sites excluding steroid dienone is 1. The third-order valence-corrected chi connectivity index (χ3v) is 5.87. The Balaban J connectivity index is 1.81. The SMILES string of the molecule is COc1c(CN(C(=O)c2ccccc2)c2cccc(Br)c2)ccc2c1OC(C)(C)C=C2C#N. The van der Waals surface area contributed by atoms with Gasteiger partial charge in [0, 0.05) is 26.9 Å². The average Bonchev–Trinajstić information content (AvgIpc) is 2.81. The topological polar surface area (TPSA) is 62.6 Å². The van der Waals surface area contributed by atoms with E-state index in [-0.39, 0.29) is 12.5 Å². The molecule has 1 aliphatic heterocycles. The molecule has 0 bridgehead atoms. The fraction of sp³-hybridized carbons (Fsp3) is 0.185. The zero-order chi connectivity index (χ0) is 23.6. The molecular formula is C27H23BrN2O3. The van der Waals surface area contributed by atoms with Crippen LogP contribution in [0.2, 0.25) is 0 Å². The first-order valence-electron chi connectivity index (χ1n) is 10.5. The summed E-state index contributed by atoms with van der Waals surface area (Å²) in [6.07, 6.45) is 1.81. The molecule has 0 fully saturated rings. The molecule has 1 amide bonds. The number of amides is 1. The first kappa shape index (κ1) is 22.6. The summed E-state index contributed by atoms with van der Waals surface area (Å²) in [6, 6.07) is 22.8. The molecule has 0 saturated heterocycles. The predicted octanol–water partition coefficient (Wildman–Crippen LogP) is 6.38. The summed E-state index contributed by atoms with van der Waals surface area (Å²) < 4.78 is 12.8. The van der Waals surface area contributed by atoms with Crippen LogP contribution >= 0.6 is 15.9 Å². The maximum Gasteiger partial charge on any atom is 0.258 e. The van der Waals surface area contributed by atoms with Crippen molar-refractivity contribution in [1.29, 1.82) is 5.26 Å². The van der Waals surface area contributed by atoms with Crippen molar-refractivity contribution in [2.45, 2.75) is 26.0 Å². The molecule has 0 saturated carbocycles. The van der Waals surface area contributed by atoms with Crippen LogP contribution in [0.4, 0.5) is 5.69 Å². The monoisotopic (exact) mass is 502 g/mol. The summed E-state index contributed by atoms with van der Waals surface area (Å²) in [5, 5.41) is 9.65. The van der Waals surface area contributed by atoms with Gasteiger partial charge in [-0.25, -0.2) is 0 Å². The van der Waals surface area contributed by atoms with Gasteiger partial charge in [-0.3, -0.25) is 4.79 Å². The fourth-order valence-corrected chi connectivity index (χ4v) is 4.29. The highest BCUT2D eigenvalue weighted by molar-refractivity contribution is 9.10. The Labute approximate surface area is 202 Å². The molecule has 0 unspecified atom stereocenters. The van der Waals surface area contributed by atoms with Crippen LogP contribution in [0, 0.1) is 11.3 Å². The quantitative estimate of drug-likeness (QED) is 0.405. The number of nitriles is 1. The van der Waals surface area contributed by atoms with E-state index < -0.39 is 5.60 Å². The number of benzene rings is 3. The van der Waals surface area contributed by atoms with Gasteiger partial charge in [-0.1, -0.05) is 46.3 Å². The second kappa shape index (κ2) is 9.13. The molecule has 1 aliphatic rings. The van der Waals surface area contributed by atoms with E-state index in [1.54, 1.807) is 30.2 Å². The number of nitrogens with zero attached hydrogens (tertiary/aromatic N) is 2. The molecule has 3 aromatic carbocycles. The summed E-state index contributed by atoms with van der Waals surface area (Å²) in [6.45, 7) is 4.05. The van der Waals surface area contributed by atoms with Gasteiger partial charge in [-0.05, 0) is 56.3 Å². The normalized spacial score (nSPS) is 13.7. The lowest BCUT2D eigenvalue weighted by Crippen LogP contribution is -2.31. The van der Waals surface area contributed by atoms with Crippen LogP contribution in [0.5, 0.6) is 11.5 Å². The van der Waals surface area contributed by atoms with Crippen LogP contribution in [0.25, 0.3) is 5.57 Å².